The van der Waals surface area contributed by atoms with Crippen LogP contribution in [0.15, 0.2) is 6.20 Å². The monoisotopic (exact) mass is 271 g/mol. The van der Waals surface area contributed by atoms with Gasteiger partial charge in [-0.05, 0) is 39.2 Å². The summed E-state index contributed by atoms with van der Waals surface area (Å²) in [6, 6.07) is 0.520. The Morgan fingerprint density at radius 1 is 1.50 bits per heavy atom. The third kappa shape index (κ3) is 2.56. The van der Waals surface area contributed by atoms with Gasteiger partial charge < -0.3 is 10.4 Å². The smallest absolute Gasteiger partial charge is 0.108 e. The molecule has 2 N–H and O–H groups in total. The van der Waals surface area contributed by atoms with Crippen LogP contribution in [0.4, 0.5) is 0 Å². The molecule has 1 aromatic rings. The molecular weight excluding hydrogens is 250 g/mol. The zero-order chi connectivity index (χ0) is 13.2. The molecule has 1 aliphatic carbocycles. The molecule has 0 amide bonds. The minimum Gasteiger partial charge on any atom is -0.384 e. The maximum absolute atomic E-state index is 10.8. The number of nitrogens with zero attached hydrogens (tertiary/aromatic N) is 2. The summed E-state index contributed by atoms with van der Waals surface area (Å²) in [5.41, 5.74) is -0.0168. The Labute approximate surface area is 113 Å². The van der Waals surface area contributed by atoms with Gasteiger partial charge in [-0.2, -0.15) is 5.10 Å². The first-order valence-electron chi connectivity index (χ1n) is 6.78. The molecule has 1 saturated carbocycles. The van der Waals surface area contributed by atoms with E-state index < -0.39 is 5.60 Å². The Kier molecular flexibility index (Phi) is 4.30. The molecule has 0 aliphatic heterocycles. The summed E-state index contributed by atoms with van der Waals surface area (Å²) in [5, 5.41) is 19.1. The highest BCUT2D eigenvalue weighted by atomic mass is 35.5. The van der Waals surface area contributed by atoms with Crippen LogP contribution in [0.2, 0.25) is 5.02 Å². The molecule has 0 aromatic carbocycles. The SMILES string of the molecule is CCNC1CCC(O)(c2c(Cl)cnn2CC)CC1. The summed E-state index contributed by atoms with van der Waals surface area (Å²) in [5.74, 6) is 0. The van der Waals surface area contributed by atoms with Crippen LogP contribution in [-0.4, -0.2) is 27.5 Å². The number of aromatic nitrogens is 2. The summed E-state index contributed by atoms with van der Waals surface area (Å²) in [6.07, 6.45) is 5.09. The van der Waals surface area contributed by atoms with Crippen molar-refractivity contribution in [3.63, 3.8) is 0 Å². The first-order chi connectivity index (χ1) is 8.60. The Morgan fingerprint density at radius 2 is 2.17 bits per heavy atom. The van der Waals surface area contributed by atoms with Gasteiger partial charge in [0.05, 0.1) is 16.9 Å². The second-order valence-corrected chi connectivity index (χ2v) is 5.43. The van der Waals surface area contributed by atoms with E-state index in [1.807, 2.05) is 11.6 Å². The van der Waals surface area contributed by atoms with Gasteiger partial charge in [-0.25, -0.2) is 0 Å². The van der Waals surface area contributed by atoms with Crippen molar-refractivity contribution in [3.05, 3.63) is 16.9 Å². The number of halogens is 1. The highest BCUT2D eigenvalue weighted by Gasteiger charge is 2.38. The molecule has 1 aromatic heterocycles. The van der Waals surface area contributed by atoms with Crippen LogP contribution < -0.4 is 5.32 Å². The van der Waals surface area contributed by atoms with Gasteiger partial charge in [0.15, 0.2) is 0 Å². The maximum atomic E-state index is 10.8. The molecule has 0 atom stereocenters. The lowest BCUT2D eigenvalue weighted by atomic mass is 9.80. The lowest BCUT2D eigenvalue weighted by molar-refractivity contribution is -0.0157. The molecule has 1 fully saturated rings. The van der Waals surface area contributed by atoms with Gasteiger partial charge in [-0.3, -0.25) is 4.68 Å². The molecule has 5 heteroatoms. The van der Waals surface area contributed by atoms with Crippen LogP contribution in [0.25, 0.3) is 0 Å². The van der Waals surface area contributed by atoms with Crippen LogP contribution in [0.1, 0.15) is 45.2 Å². The first-order valence-corrected chi connectivity index (χ1v) is 7.16. The normalized spacial score (nSPS) is 28.6. The minimum absolute atomic E-state index is 0.520. The van der Waals surface area contributed by atoms with Crippen molar-refractivity contribution in [2.75, 3.05) is 6.54 Å². The summed E-state index contributed by atoms with van der Waals surface area (Å²) >= 11 is 6.19. The quantitative estimate of drug-likeness (QED) is 0.883. The highest BCUT2D eigenvalue weighted by Crippen LogP contribution is 2.40. The predicted octanol–water partition coefficient (Wildman–Crippen LogP) is 2.30. The van der Waals surface area contributed by atoms with E-state index in [1.165, 1.54) is 0 Å². The molecule has 0 saturated heterocycles. The number of rotatable bonds is 4. The molecule has 0 unspecified atom stereocenters. The molecule has 1 aliphatic rings. The van der Waals surface area contributed by atoms with E-state index >= 15 is 0 Å². The van der Waals surface area contributed by atoms with Crippen LogP contribution in [0.5, 0.6) is 0 Å². The number of hydrogen-bond donors (Lipinski definition) is 2. The van der Waals surface area contributed by atoms with Gasteiger partial charge in [0.1, 0.15) is 5.60 Å². The van der Waals surface area contributed by atoms with Gasteiger partial charge in [0, 0.05) is 12.6 Å². The zero-order valence-electron chi connectivity index (χ0n) is 11.1. The molecule has 0 spiro atoms. The van der Waals surface area contributed by atoms with Gasteiger partial charge in [0.2, 0.25) is 0 Å². The fourth-order valence-corrected chi connectivity index (χ4v) is 3.21. The van der Waals surface area contributed by atoms with Gasteiger partial charge >= 0.3 is 0 Å². The summed E-state index contributed by atoms with van der Waals surface area (Å²) in [4.78, 5) is 0. The van der Waals surface area contributed by atoms with E-state index in [4.69, 9.17) is 11.6 Å². The van der Waals surface area contributed by atoms with E-state index in [9.17, 15) is 5.11 Å². The van der Waals surface area contributed by atoms with Crippen molar-refractivity contribution in [1.82, 2.24) is 15.1 Å². The Bertz CT molecular complexity index is 397. The van der Waals surface area contributed by atoms with E-state index in [0.29, 0.717) is 11.1 Å². The van der Waals surface area contributed by atoms with Crippen LogP contribution in [0.3, 0.4) is 0 Å². The fraction of sp³-hybridized carbons (Fsp3) is 0.769. The number of nitrogens with one attached hydrogen (secondary N) is 1. The molecule has 0 bridgehead atoms. The van der Waals surface area contributed by atoms with Crippen molar-refractivity contribution >= 4 is 11.6 Å². The molecular formula is C13H22ClN3O. The van der Waals surface area contributed by atoms with Crippen molar-refractivity contribution in [3.8, 4) is 0 Å². The van der Waals surface area contributed by atoms with Crippen molar-refractivity contribution in [2.45, 2.75) is 57.7 Å². The maximum Gasteiger partial charge on any atom is 0.108 e. The summed E-state index contributed by atoms with van der Waals surface area (Å²) < 4.78 is 1.82. The lowest BCUT2D eigenvalue weighted by Gasteiger charge is -2.36. The van der Waals surface area contributed by atoms with Crippen LogP contribution in [0, 0.1) is 0 Å². The largest absolute Gasteiger partial charge is 0.384 e. The molecule has 2 rings (SSSR count). The number of aliphatic hydroxyl groups is 1. The van der Waals surface area contributed by atoms with Gasteiger partial charge in [-0.15, -0.1) is 0 Å². The van der Waals surface area contributed by atoms with Crippen molar-refractivity contribution in [1.29, 1.82) is 0 Å². The van der Waals surface area contributed by atoms with Crippen molar-refractivity contribution < 1.29 is 5.11 Å². The zero-order valence-corrected chi connectivity index (χ0v) is 11.9. The third-order valence-corrected chi connectivity index (χ3v) is 4.12. The molecule has 102 valence electrons. The van der Waals surface area contributed by atoms with E-state index in [0.717, 1.165) is 44.5 Å². The Morgan fingerprint density at radius 3 is 2.72 bits per heavy atom. The van der Waals surface area contributed by atoms with E-state index in [1.54, 1.807) is 6.20 Å². The Balaban J connectivity index is 2.15. The minimum atomic E-state index is -0.810. The topological polar surface area (TPSA) is 50.1 Å². The second-order valence-electron chi connectivity index (χ2n) is 5.02. The number of hydrogen-bond acceptors (Lipinski definition) is 3. The average molecular weight is 272 g/mol. The fourth-order valence-electron chi connectivity index (χ4n) is 2.89. The first kappa shape index (κ1) is 13.8. The summed E-state index contributed by atoms with van der Waals surface area (Å²) in [6.45, 7) is 5.85. The van der Waals surface area contributed by atoms with E-state index in [2.05, 4.69) is 17.3 Å². The highest BCUT2D eigenvalue weighted by molar-refractivity contribution is 6.31. The molecule has 0 radical (unpaired) electrons. The summed E-state index contributed by atoms with van der Waals surface area (Å²) in [7, 11) is 0. The lowest BCUT2D eigenvalue weighted by Crippen LogP contribution is -2.40. The number of aryl methyl sites for hydroxylation is 1. The van der Waals surface area contributed by atoms with Crippen LogP contribution in [-0.2, 0) is 12.1 Å². The van der Waals surface area contributed by atoms with Crippen molar-refractivity contribution in [2.24, 2.45) is 0 Å². The van der Waals surface area contributed by atoms with E-state index in [-0.39, 0.29) is 0 Å². The second kappa shape index (κ2) is 5.59. The average Bonchev–Trinajstić information content (AvgIpc) is 2.75. The third-order valence-electron chi connectivity index (χ3n) is 3.84. The standard InChI is InChI=1S/C13H22ClN3O/c1-3-15-10-5-7-13(18,8-6-10)12-11(14)9-16-17(12)4-2/h9-10,15,18H,3-8H2,1-2H3. The van der Waals surface area contributed by atoms with Gasteiger partial charge in [-0.1, -0.05) is 18.5 Å². The van der Waals surface area contributed by atoms with Crippen LogP contribution >= 0.6 is 11.6 Å². The molecule has 1 heterocycles. The van der Waals surface area contributed by atoms with Gasteiger partial charge in [0.25, 0.3) is 0 Å². The molecule has 4 nitrogen and oxygen atoms in total. The predicted molar refractivity (Wildman–Crippen MR) is 72.7 cm³/mol. The molecule has 18 heavy (non-hydrogen) atoms. The Hall–Kier alpha value is -0.580.